The molecule has 4 aromatic carbocycles. The van der Waals surface area contributed by atoms with Gasteiger partial charge < -0.3 is 4.74 Å². The number of Topliss-reactive ketones (excluding diaryl/α,β-unsaturated/α-hetero) is 1. The number of ketones is 1. The molecule has 0 spiro atoms. The Kier molecular flexibility index (Phi) is 3.98. The van der Waals surface area contributed by atoms with Gasteiger partial charge in [0.25, 0.3) is 0 Å². The molecule has 0 amide bonds. The van der Waals surface area contributed by atoms with Gasteiger partial charge in [0, 0.05) is 11.1 Å². The van der Waals surface area contributed by atoms with E-state index >= 15 is 0 Å². The molecule has 1 aliphatic rings. The van der Waals surface area contributed by atoms with Crippen molar-refractivity contribution in [3.8, 4) is 0 Å². The van der Waals surface area contributed by atoms with Crippen LogP contribution in [0.1, 0.15) is 24.3 Å². The Balaban J connectivity index is 1.64. The van der Waals surface area contributed by atoms with Crippen LogP contribution in [-0.2, 0) is 15.3 Å². The Labute approximate surface area is 163 Å². The third kappa shape index (κ3) is 2.54. The Morgan fingerprint density at radius 1 is 0.821 bits per heavy atom. The van der Waals surface area contributed by atoms with Crippen molar-refractivity contribution in [2.75, 3.05) is 0 Å². The first-order valence-corrected chi connectivity index (χ1v) is 9.36. The van der Waals surface area contributed by atoms with Crippen molar-refractivity contribution in [1.82, 2.24) is 10.9 Å². The lowest BCUT2D eigenvalue weighted by Gasteiger charge is -2.27. The second-order valence-electron chi connectivity index (χ2n) is 7.10. The monoisotopic (exact) mass is 368 g/mol. The molecule has 0 saturated carbocycles. The van der Waals surface area contributed by atoms with Gasteiger partial charge in [-0.1, -0.05) is 84.9 Å². The van der Waals surface area contributed by atoms with Crippen LogP contribution in [0.2, 0.25) is 0 Å². The molecule has 2 atom stereocenters. The first-order valence-electron chi connectivity index (χ1n) is 9.36. The molecule has 1 heterocycles. The predicted octanol–water partition coefficient (Wildman–Crippen LogP) is 4.56. The standard InChI is InChI=1S/C24H20N2O2/c1-16(27)24(22-15-7-11-18-9-3-5-13-20(18)22)26-25-23(28-24)21-14-6-10-17-8-2-4-12-19(17)21/h2-15,23,25-26H,1H3. The van der Waals surface area contributed by atoms with E-state index in [1.165, 1.54) is 0 Å². The molecule has 5 rings (SSSR count). The van der Waals surface area contributed by atoms with Gasteiger partial charge in [-0.15, -0.1) is 0 Å². The van der Waals surface area contributed by atoms with E-state index in [2.05, 4.69) is 29.1 Å². The lowest BCUT2D eigenvalue weighted by atomic mass is 9.93. The second-order valence-corrected chi connectivity index (χ2v) is 7.10. The van der Waals surface area contributed by atoms with Gasteiger partial charge in [0.15, 0.2) is 12.0 Å². The number of rotatable bonds is 3. The highest BCUT2D eigenvalue weighted by atomic mass is 16.6. The quantitative estimate of drug-likeness (QED) is 0.557. The summed E-state index contributed by atoms with van der Waals surface area (Å²) in [5.74, 6) is -0.0981. The van der Waals surface area contributed by atoms with Crippen LogP contribution < -0.4 is 10.9 Å². The lowest BCUT2D eigenvalue weighted by molar-refractivity contribution is -0.145. The summed E-state index contributed by atoms with van der Waals surface area (Å²) in [6, 6.07) is 28.3. The second kappa shape index (κ2) is 6.53. The largest absolute Gasteiger partial charge is 0.324 e. The maximum Gasteiger partial charge on any atom is 0.219 e. The number of nitrogens with one attached hydrogen (secondary N) is 2. The Bertz CT molecular complexity index is 1190. The van der Waals surface area contributed by atoms with Gasteiger partial charge in [-0.05, 0) is 28.5 Å². The minimum atomic E-state index is -1.25. The van der Waals surface area contributed by atoms with Crippen molar-refractivity contribution >= 4 is 27.3 Å². The van der Waals surface area contributed by atoms with E-state index < -0.39 is 12.0 Å². The molecule has 4 heteroatoms. The van der Waals surface area contributed by atoms with Crippen molar-refractivity contribution in [3.05, 3.63) is 96.1 Å². The summed E-state index contributed by atoms with van der Waals surface area (Å²) in [4.78, 5) is 12.8. The summed E-state index contributed by atoms with van der Waals surface area (Å²) >= 11 is 0. The predicted molar refractivity (Wildman–Crippen MR) is 110 cm³/mol. The highest BCUT2D eigenvalue weighted by molar-refractivity contribution is 5.95. The SMILES string of the molecule is CC(=O)C1(c2cccc3ccccc23)NNC(c2cccc3ccccc23)O1. The number of fused-ring (bicyclic) bond motifs is 2. The van der Waals surface area contributed by atoms with E-state index in [1.807, 2.05) is 66.7 Å². The molecule has 0 aromatic heterocycles. The molecule has 4 aromatic rings. The van der Waals surface area contributed by atoms with Gasteiger partial charge >= 0.3 is 0 Å². The van der Waals surface area contributed by atoms with Crippen molar-refractivity contribution in [2.45, 2.75) is 18.9 Å². The summed E-state index contributed by atoms with van der Waals surface area (Å²) in [6.45, 7) is 1.56. The number of hydrazine groups is 1. The van der Waals surface area contributed by atoms with Crippen molar-refractivity contribution in [3.63, 3.8) is 0 Å². The van der Waals surface area contributed by atoms with E-state index in [0.717, 1.165) is 32.7 Å². The van der Waals surface area contributed by atoms with Crippen molar-refractivity contribution in [2.24, 2.45) is 0 Å². The zero-order valence-electron chi connectivity index (χ0n) is 15.5. The maximum atomic E-state index is 12.8. The minimum absolute atomic E-state index is 0.0981. The fourth-order valence-electron chi connectivity index (χ4n) is 4.05. The first kappa shape index (κ1) is 17.1. The fraction of sp³-hybridized carbons (Fsp3) is 0.125. The summed E-state index contributed by atoms with van der Waals surface area (Å²) in [5, 5.41) is 4.30. The van der Waals surface area contributed by atoms with E-state index in [9.17, 15) is 4.79 Å². The molecule has 1 fully saturated rings. The zero-order chi connectivity index (χ0) is 19.1. The van der Waals surface area contributed by atoms with E-state index in [0.29, 0.717) is 0 Å². The first-order chi connectivity index (χ1) is 13.7. The maximum absolute atomic E-state index is 12.8. The molecule has 138 valence electrons. The van der Waals surface area contributed by atoms with Crippen LogP contribution in [0.3, 0.4) is 0 Å². The Morgan fingerprint density at radius 2 is 1.43 bits per heavy atom. The van der Waals surface area contributed by atoms with Gasteiger partial charge in [0.1, 0.15) is 0 Å². The van der Waals surface area contributed by atoms with E-state index in [1.54, 1.807) is 6.92 Å². The number of carbonyl (C=O) groups excluding carboxylic acids is 1. The van der Waals surface area contributed by atoms with Gasteiger partial charge in [-0.3, -0.25) is 4.79 Å². The zero-order valence-corrected chi connectivity index (χ0v) is 15.5. The molecule has 0 bridgehead atoms. The van der Waals surface area contributed by atoms with Crippen LogP contribution in [0.25, 0.3) is 21.5 Å². The number of hydrogen-bond acceptors (Lipinski definition) is 4. The number of hydrogen-bond donors (Lipinski definition) is 2. The van der Waals surface area contributed by atoms with Gasteiger partial charge in [-0.25, -0.2) is 10.9 Å². The molecular formula is C24H20N2O2. The molecular weight excluding hydrogens is 348 g/mol. The topological polar surface area (TPSA) is 50.4 Å². The van der Waals surface area contributed by atoms with Crippen LogP contribution in [0, 0.1) is 0 Å². The van der Waals surface area contributed by atoms with Crippen LogP contribution in [0.15, 0.2) is 84.9 Å². The van der Waals surface area contributed by atoms with Gasteiger partial charge in [-0.2, -0.15) is 0 Å². The molecule has 0 aliphatic carbocycles. The Morgan fingerprint density at radius 3 is 2.18 bits per heavy atom. The van der Waals surface area contributed by atoms with E-state index in [4.69, 9.17) is 4.74 Å². The smallest absolute Gasteiger partial charge is 0.219 e. The fourth-order valence-corrected chi connectivity index (χ4v) is 4.05. The minimum Gasteiger partial charge on any atom is -0.324 e. The molecule has 2 unspecified atom stereocenters. The lowest BCUT2D eigenvalue weighted by Crippen LogP contribution is -2.47. The van der Waals surface area contributed by atoms with Crippen LogP contribution >= 0.6 is 0 Å². The molecule has 1 saturated heterocycles. The van der Waals surface area contributed by atoms with Gasteiger partial charge in [0.05, 0.1) is 0 Å². The highest BCUT2D eigenvalue weighted by Crippen LogP contribution is 2.39. The average molecular weight is 368 g/mol. The Hall–Kier alpha value is -3.05. The molecule has 0 radical (unpaired) electrons. The summed E-state index contributed by atoms with van der Waals surface area (Å²) < 4.78 is 6.43. The van der Waals surface area contributed by atoms with Gasteiger partial charge in [0.2, 0.25) is 5.72 Å². The third-order valence-corrected chi connectivity index (χ3v) is 5.44. The normalized spacial score (nSPS) is 22.0. The van der Waals surface area contributed by atoms with E-state index in [-0.39, 0.29) is 5.78 Å². The number of benzene rings is 4. The van der Waals surface area contributed by atoms with Crippen molar-refractivity contribution in [1.29, 1.82) is 0 Å². The summed E-state index contributed by atoms with van der Waals surface area (Å²) in [5.41, 5.74) is 6.94. The summed E-state index contributed by atoms with van der Waals surface area (Å²) in [7, 11) is 0. The van der Waals surface area contributed by atoms with Crippen LogP contribution in [0.5, 0.6) is 0 Å². The van der Waals surface area contributed by atoms with Crippen LogP contribution in [-0.4, -0.2) is 5.78 Å². The molecule has 1 aliphatic heterocycles. The molecule has 4 nitrogen and oxygen atoms in total. The number of carbonyl (C=O) groups is 1. The van der Waals surface area contributed by atoms with Crippen molar-refractivity contribution < 1.29 is 9.53 Å². The third-order valence-electron chi connectivity index (χ3n) is 5.44. The molecule has 28 heavy (non-hydrogen) atoms. The highest BCUT2D eigenvalue weighted by Gasteiger charge is 2.47. The summed E-state index contributed by atoms with van der Waals surface area (Å²) in [6.07, 6.45) is -0.450. The number of ether oxygens (including phenoxy) is 1. The van der Waals surface area contributed by atoms with Crippen LogP contribution in [0.4, 0.5) is 0 Å². The average Bonchev–Trinajstić information content (AvgIpc) is 3.19. The molecule has 2 N–H and O–H groups in total.